The summed E-state index contributed by atoms with van der Waals surface area (Å²) in [5.41, 5.74) is 8.77. The fourth-order valence-corrected chi connectivity index (χ4v) is 3.56. The molecule has 2 heterocycles. The molecule has 1 aromatic carbocycles. The zero-order valence-electron chi connectivity index (χ0n) is 11.9. The highest BCUT2D eigenvalue weighted by Crippen LogP contribution is 2.40. The average Bonchev–Trinajstić information content (AvgIpc) is 3.03. The summed E-state index contributed by atoms with van der Waals surface area (Å²) in [5.74, 6) is 1.66. The molecule has 104 valence electrons. The van der Waals surface area contributed by atoms with Crippen molar-refractivity contribution in [2.24, 2.45) is 11.7 Å². The zero-order valence-corrected chi connectivity index (χ0v) is 11.9. The van der Waals surface area contributed by atoms with Gasteiger partial charge in [-0.2, -0.15) is 0 Å². The van der Waals surface area contributed by atoms with Gasteiger partial charge >= 0.3 is 0 Å². The highest BCUT2D eigenvalue weighted by atomic mass is 16.5. The maximum atomic E-state index is 5.99. The van der Waals surface area contributed by atoms with Crippen molar-refractivity contribution >= 4 is 0 Å². The summed E-state index contributed by atoms with van der Waals surface area (Å²) in [6.45, 7) is 7.33. The van der Waals surface area contributed by atoms with Gasteiger partial charge in [0.2, 0.25) is 0 Å². The number of hydrogen-bond acceptors (Lipinski definition) is 3. The van der Waals surface area contributed by atoms with Gasteiger partial charge in [0.05, 0.1) is 6.61 Å². The van der Waals surface area contributed by atoms with E-state index in [4.69, 9.17) is 10.5 Å². The van der Waals surface area contributed by atoms with Crippen LogP contribution in [0.25, 0.3) is 0 Å². The first-order valence-corrected chi connectivity index (χ1v) is 7.42. The SMILES string of the molecule is CC(C)N1CCC(CN)C1c1ccc2c(c1)CCO2. The second kappa shape index (κ2) is 5.14. The van der Waals surface area contributed by atoms with Crippen molar-refractivity contribution in [3.63, 3.8) is 0 Å². The minimum Gasteiger partial charge on any atom is -0.493 e. The minimum atomic E-state index is 0.482. The van der Waals surface area contributed by atoms with Crippen molar-refractivity contribution in [2.75, 3.05) is 19.7 Å². The van der Waals surface area contributed by atoms with Crippen LogP contribution in [-0.4, -0.2) is 30.6 Å². The van der Waals surface area contributed by atoms with Crippen molar-refractivity contribution in [3.8, 4) is 5.75 Å². The molecule has 19 heavy (non-hydrogen) atoms. The Bertz CT molecular complexity index is 458. The second-order valence-electron chi connectivity index (χ2n) is 6.03. The summed E-state index contributed by atoms with van der Waals surface area (Å²) in [4.78, 5) is 2.59. The lowest BCUT2D eigenvalue weighted by Gasteiger charge is -2.31. The maximum absolute atomic E-state index is 5.99. The third-order valence-electron chi connectivity index (χ3n) is 4.58. The average molecular weight is 260 g/mol. The molecule has 1 fully saturated rings. The highest BCUT2D eigenvalue weighted by molar-refractivity contribution is 5.41. The molecule has 2 unspecified atom stereocenters. The molecule has 3 heteroatoms. The molecule has 1 aromatic rings. The molecule has 2 aliphatic rings. The molecule has 1 saturated heterocycles. The fraction of sp³-hybridized carbons (Fsp3) is 0.625. The molecule has 2 N–H and O–H groups in total. The molecule has 2 atom stereocenters. The number of likely N-dealkylation sites (tertiary alicyclic amines) is 1. The number of hydrogen-bond donors (Lipinski definition) is 1. The van der Waals surface area contributed by atoms with Crippen molar-refractivity contribution in [2.45, 2.75) is 38.8 Å². The largest absolute Gasteiger partial charge is 0.493 e. The maximum Gasteiger partial charge on any atom is 0.122 e. The summed E-state index contributed by atoms with van der Waals surface area (Å²) in [6, 6.07) is 7.78. The molecule has 0 aromatic heterocycles. The van der Waals surface area contributed by atoms with Crippen LogP contribution in [0.5, 0.6) is 5.75 Å². The van der Waals surface area contributed by atoms with E-state index in [9.17, 15) is 0 Å². The number of ether oxygens (including phenoxy) is 1. The Balaban J connectivity index is 1.93. The summed E-state index contributed by atoms with van der Waals surface area (Å²) in [5, 5.41) is 0. The molecule has 2 aliphatic heterocycles. The van der Waals surface area contributed by atoms with Crippen molar-refractivity contribution in [1.29, 1.82) is 0 Å². The first-order valence-electron chi connectivity index (χ1n) is 7.42. The van der Waals surface area contributed by atoms with Gasteiger partial charge in [-0.3, -0.25) is 4.90 Å². The smallest absolute Gasteiger partial charge is 0.122 e. The molecular weight excluding hydrogens is 236 g/mol. The number of benzene rings is 1. The summed E-state index contributed by atoms with van der Waals surface area (Å²) in [6.07, 6.45) is 2.26. The van der Waals surface area contributed by atoms with Crippen molar-refractivity contribution < 1.29 is 4.74 Å². The summed E-state index contributed by atoms with van der Waals surface area (Å²) < 4.78 is 5.61. The predicted molar refractivity (Wildman–Crippen MR) is 77.4 cm³/mol. The van der Waals surface area contributed by atoms with Crippen LogP contribution in [-0.2, 0) is 6.42 Å². The van der Waals surface area contributed by atoms with E-state index in [0.29, 0.717) is 18.0 Å². The van der Waals surface area contributed by atoms with Gasteiger partial charge in [0, 0.05) is 18.5 Å². The van der Waals surface area contributed by atoms with Crippen molar-refractivity contribution in [3.05, 3.63) is 29.3 Å². The van der Waals surface area contributed by atoms with Crippen LogP contribution in [0.4, 0.5) is 0 Å². The van der Waals surface area contributed by atoms with Gasteiger partial charge < -0.3 is 10.5 Å². The van der Waals surface area contributed by atoms with E-state index in [1.54, 1.807) is 0 Å². The molecule has 3 nitrogen and oxygen atoms in total. The monoisotopic (exact) mass is 260 g/mol. The minimum absolute atomic E-state index is 0.482. The fourth-order valence-electron chi connectivity index (χ4n) is 3.56. The molecule has 0 aliphatic carbocycles. The normalized spacial score (nSPS) is 26.7. The molecule has 0 bridgehead atoms. The predicted octanol–water partition coefficient (Wildman–Crippen LogP) is 2.35. The standard InChI is InChI=1S/C16H24N2O/c1-11(2)18-7-5-14(10-17)16(18)13-3-4-15-12(9-13)6-8-19-15/h3-4,9,11,14,16H,5-8,10,17H2,1-2H3. The Kier molecular flexibility index (Phi) is 3.50. The van der Waals surface area contributed by atoms with Gasteiger partial charge in [-0.05, 0) is 56.5 Å². The second-order valence-corrected chi connectivity index (χ2v) is 6.03. The van der Waals surface area contributed by atoms with Crippen molar-refractivity contribution in [1.82, 2.24) is 4.90 Å². The van der Waals surface area contributed by atoms with E-state index in [0.717, 1.165) is 31.9 Å². The van der Waals surface area contributed by atoms with Gasteiger partial charge in [-0.15, -0.1) is 0 Å². The van der Waals surface area contributed by atoms with Crippen LogP contribution < -0.4 is 10.5 Å². The lowest BCUT2D eigenvalue weighted by atomic mass is 9.92. The molecule has 3 rings (SSSR count). The van der Waals surface area contributed by atoms with Gasteiger partial charge in [0.25, 0.3) is 0 Å². The van der Waals surface area contributed by atoms with Crippen LogP contribution in [0.15, 0.2) is 18.2 Å². The van der Waals surface area contributed by atoms with E-state index in [2.05, 4.69) is 36.9 Å². The first-order chi connectivity index (χ1) is 9.20. The van der Waals surface area contributed by atoms with Crippen LogP contribution in [0.3, 0.4) is 0 Å². The molecular formula is C16H24N2O. The Morgan fingerprint density at radius 2 is 2.26 bits per heavy atom. The Morgan fingerprint density at radius 1 is 1.42 bits per heavy atom. The number of fused-ring (bicyclic) bond motifs is 1. The van der Waals surface area contributed by atoms with Gasteiger partial charge in [-0.1, -0.05) is 12.1 Å². The van der Waals surface area contributed by atoms with Crippen LogP contribution in [0, 0.1) is 5.92 Å². The summed E-state index contributed by atoms with van der Waals surface area (Å²) in [7, 11) is 0. The molecule has 0 amide bonds. The van der Waals surface area contributed by atoms with E-state index < -0.39 is 0 Å². The Labute approximate surface area is 115 Å². The Morgan fingerprint density at radius 3 is 3.00 bits per heavy atom. The number of nitrogens with zero attached hydrogens (tertiary/aromatic N) is 1. The topological polar surface area (TPSA) is 38.5 Å². The first kappa shape index (κ1) is 12.9. The molecule has 0 saturated carbocycles. The van der Waals surface area contributed by atoms with Crippen LogP contribution in [0.1, 0.15) is 37.4 Å². The van der Waals surface area contributed by atoms with Gasteiger partial charge in [0.15, 0.2) is 0 Å². The third-order valence-corrected chi connectivity index (χ3v) is 4.58. The van der Waals surface area contributed by atoms with E-state index in [1.807, 2.05) is 0 Å². The molecule has 0 spiro atoms. The lowest BCUT2D eigenvalue weighted by molar-refractivity contribution is 0.184. The lowest BCUT2D eigenvalue weighted by Crippen LogP contribution is -2.33. The van der Waals surface area contributed by atoms with E-state index >= 15 is 0 Å². The quantitative estimate of drug-likeness (QED) is 0.906. The van der Waals surface area contributed by atoms with E-state index in [1.165, 1.54) is 17.5 Å². The highest BCUT2D eigenvalue weighted by Gasteiger charge is 2.36. The van der Waals surface area contributed by atoms with Gasteiger partial charge in [-0.25, -0.2) is 0 Å². The zero-order chi connectivity index (χ0) is 13.4. The molecule has 0 radical (unpaired) electrons. The third kappa shape index (κ3) is 2.26. The summed E-state index contributed by atoms with van der Waals surface area (Å²) >= 11 is 0. The number of rotatable bonds is 3. The van der Waals surface area contributed by atoms with Crippen LogP contribution in [0.2, 0.25) is 0 Å². The van der Waals surface area contributed by atoms with Gasteiger partial charge in [0.1, 0.15) is 5.75 Å². The number of nitrogens with two attached hydrogens (primary N) is 1. The van der Waals surface area contributed by atoms with Crippen LogP contribution >= 0.6 is 0 Å². The van der Waals surface area contributed by atoms with E-state index in [-0.39, 0.29) is 0 Å². The Hall–Kier alpha value is -1.06.